The molecule has 1 aliphatic rings. The summed E-state index contributed by atoms with van der Waals surface area (Å²) in [6, 6.07) is 6.82. The van der Waals surface area contributed by atoms with Gasteiger partial charge in [0.25, 0.3) is 0 Å². The summed E-state index contributed by atoms with van der Waals surface area (Å²) in [6.45, 7) is 13.2. The topological polar surface area (TPSA) is 124 Å². The molecule has 3 rings (SSSR count). The van der Waals surface area contributed by atoms with Crippen molar-refractivity contribution in [3.05, 3.63) is 65.1 Å². The van der Waals surface area contributed by atoms with Crippen LogP contribution in [-0.2, 0) is 19.0 Å². The van der Waals surface area contributed by atoms with E-state index in [1.54, 1.807) is 32.9 Å². The van der Waals surface area contributed by atoms with Crippen molar-refractivity contribution in [1.29, 1.82) is 0 Å². The lowest BCUT2D eigenvalue weighted by atomic mass is 9.91. The van der Waals surface area contributed by atoms with E-state index in [-0.39, 0.29) is 43.3 Å². The fraction of sp³-hybridized carbons (Fsp3) is 0.484. The smallest absolute Gasteiger partial charge is 0.414 e. The molecule has 0 fully saturated rings. The number of hydrogen-bond acceptors (Lipinski definition) is 8. The third-order valence-corrected chi connectivity index (χ3v) is 5.90. The molecule has 0 saturated heterocycles. The van der Waals surface area contributed by atoms with Crippen LogP contribution in [-0.4, -0.2) is 55.6 Å². The van der Waals surface area contributed by atoms with E-state index in [2.05, 4.69) is 44.6 Å². The van der Waals surface area contributed by atoms with E-state index in [1.165, 1.54) is 13.2 Å². The number of nitrogens with one attached hydrogen (secondary N) is 2. The first kappa shape index (κ1) is 34.2. The van der Waals surface area contributed by atoms with E-state index in [1.807, 2.05) is 32.9 Å². The highest BCUT2D eigenvalue weighted by Crippen LogP contribution is 2.30. The molecule has 11 heteroatoms. The lowest BCUT2D eigenvalue weighted by Gasteiger charge is -2.20. The van der Waals surface area contributed by atoms with E-state index in [0.29, 0.717) is 17.2 Å². The minimum atomic E-state index is -0.727. The number of aliphatic imine (C=N–C) groups is 1. The van der Waals surface area contributed by atoms with Gasteiger partial charge in [-0.15, -0.1) is 0 Å². The second-order valence-electron chi connectivity index (χ2n) is 10.4. The molecule has 42 heavy (non-hydrogen) atoms. The molecule has 10 nitrogen and oxygen atoms in total. The van der Waals surface area contributed by atoms with Gasteiger partial charge in [0.1, 0.15) is 18.0 Å². The quantitative estimate of drug-likeness (QED) is 0.149. The number of methoxy groups -OCH3 is 1. The molecule has 1 heterocycles. The maximum atomic E-state index is 15.0. The monoisotopic (exact) mass is 586 g/mol. The van der Waals surface area contributed by atoms with Crippen molar-refractivity contribution in [1.82, 2.24) is 10.5 Å². The van der Waals surface area contributed by atoms with Gasteiger partial charge in [-0.2, -0.15) is 0 Å². The largest absolute Gasteiger partial charge is 0.467 e. The van der Waals surface area contributed by atoms with Gasteiger partial charge in [0.05, 0.1) is 26.0 Å². The maximum absolute atomic E-state index is 15.0. The van der Waals surface area contributed by atoms with Gasteiger partial charge >= 0.3 is 12.1 Å². The van der Waals surface area contributed by atoms with E-state index >= 15 is 4.39 Å². The van der Waals surface area contributed by atoms with Gasteiger partial charge in [0, 0.05) is 17.5 Å². The van der Waals surface area contributed by atoms with Crippen LogP contribution in [0.2, 0.25) is 0 Å². The van der Waals surface area contributed by atoms with Crippen LogP contribution in [0, 0.1) is 11.7 Å². The highest BCUT2D eigenvalue weighted by Gasteiger charge is 2.20. The average Bonchev–Trinajstić information content (AvgIpc) is 3.41. The number of esters is 1. The summed E-state index contributed by atoms with van der Waals surface area (Å²) in [5.41, 5.74) is 2.01. The molecule has 0 saturated carbocycles. The third-order valence-electron chi connectivity index (χ3n) is 5.90. The molecule has 2 unspecified atom stereocenters. The van der Waals surface area contributed by atoms with Crippen LogP contribution >= 0.6 is 0 Å². The van der Waals surface area contributed by atoms with Gasteiger partial charge in [-0.1, -0.05) is 63.2 Å². The molecule has 0 aliphatic heterocycles. The van der Waals surface area contributed by atoms with E-state index in [9.17, 15) is 9.59 Å². The molecule has 230 valence electrons. The summed E-state index contributed by atoms with van der Waals surface area (Å²) < 4.78 is 35.5. The highest BCUT2D eigenvalue weighted by atomic mass is 19.1. The van der Waals surface area contributed by atoms with E-state index in [4.69, 9.17) is 14.0 Å². The van der Waals surface area contributed by atoms with Crippen molar-refractivity contribution in [2.75, 3.05) is 32.2 Å². The summed E-state index contributed by atoms with van der Waals surface area (Å²) in [6.07, 6.45) is 6.25. The predicted molar refractivity (Wildman–Crippen MR) is 161 cm³/mol. The van der Waals surface area contributed by atoms with Gasteiger partial charge in [-0.25, -0.2) is 14.0 Å². The van der Waals surface area contributed by atoms with Crippen LogP contribution in [0.1, 0.15) is 77.6 Å². The molecule has 2 atom stereocenters. The van der Waals surface area contributed by atoms with E-state index in [0.717, 1.165) is 17.6 Å². The zero-order valence-corrected chi connectivity index (χ0v) is 25.7. The number of nitrogens with zero attached hydrogens (tertiary/aromatic N) is 2. The number of aromatic nitrogens is 1. The fourth-order valence-electron chi connectivity index (χ4n) is 3.75. The number of halogens is 1. The average molecular weight is 587 g/mol. The molecule has 0 radical (unpaired) electrons. The van der Waals surface area contributed by atoms with Gasteiger partial charge in [0.15, 0.2) is 0 Å². The minimum absolute atomic E-state index is 0.0322. The molecule has 1 amide bonds. The number of benzene rings is 1. The second kappa shape index (κ2) is 16.5. The van der Waals surface area contributed by atoms with Crippen molar-refractivity contribution in [2.45, 2.75) is 66.4 Å². The molecule has 1 aromatic heterocycles. The number of carbonyl (C=O) groups excluding carboxylic acids is 2. The number of alkyl carbamates (subject to hydrolysis) is 1. The Bertz CT molecular complexity index is 1280. The van der Waals surface area contributed by atoms with Crippen molar-refractivity contribution in [3.63, 3.8) is 0 Å². The van der Waals surface area contributed by atoms with Crippen LogP contribution < -0.4 is 10.6 Å². The standard InChI is InChI=1S/C29H37FN4O6.C2H6/c1-18-7-9-20(10-8-18)22-12-11-21(15-23(22)30)19(2)24-16-25(40-34-24)32-27(33-28(36)39-29(3,4)5)31-13-14-38-17-26(35)37-6;1-2/h7,9-12,15-16,18-19H,8,13-14,17H2,1-6H3,(H2,31,32,33,36);1-2H3. The summed E-state index contributed by atoms with van der Waals surface area (Å²) in [5, 5.41) is 9.52. The van der Waals surface area contributed by atoms with Gasteiger partial charge in [-0.05, 0) is 50.3 Å². The highest BCUT2D eigenvalue weighted by molar-refractivity contribution is 6.01. The number of amides is 1. The Balaban J connectivity index is 0.00000301. The van der Waals surface area contributed by atoms with Crippen molar-refractivity contribution in [3.8, 4) is 0 Å². The Morgan fingerprint density at radius 1 is 1.24 bits per heavy atom. The number of guanidine groups is 1. The third kappa shape index (κ3) is 11.1. The first-order valence-corrected chi connectivity index (χ1v) is 14.1. The number of rotatable bonds is 9. The van der Waals surface area contributed by atoms with Crippen molar-refractivity contribution < 1.29 is 32.7 Å². The summed E-state index contributed by atoms with van der Waals surface area (Å²) in [4.78, 5) is 27.8. The molecule has 1 aliphatic carbocycles. The number of hydrogen-bond donors (Lipinski definition) is 2. The molecule has 2 N–H and O–H groups in total. The lowest BCUT2D eigenvalue weighted by molar-refractivity contribution is -0.145. The zero-order valence-electron chi connectivity index (χ0n) is 25.7. The Kier molecular flexibility index (Phi) is 13.4. The van der Waals surface area contributed by atoms with Gasteiger partial charge in [-0.3, -0.25) is 15.6 Å². The lowest BCUT2D eigenvalue weighted by Crippen LogP contribution is -2.40. The summed E-state index contributed by atoms with van der Waals surface area (Å²) in [5.74, 6) is -0.400. The van der Waals surface area contributed by atoms with Crippen LogP contribution in [0.3, 0.4) is 0 Å². The first-order chi connectivity index (χ1) is 19.9. The van der Waals surface area contributed by atoms with Gasteiger partial charge in [0.2, 0.25) is 11.8 Å². The number of allylic oxidation sites excluding steroid dienone is 4. The summed E-state index contributed by atoms with van der Waals surface area (Å²) in [7, 11) is 1.27. The van der Waals surface area contributed by atoms with Gasteiger partial charge < -0.3 is 18.7 Å². The van der Waals surface area contributed by atoms with Crippen LogP contribution in [0.15, 0.2) is 52.0 Å². The summed E-state index contributed by atoms with van der Waals surface area (Å²) >= 11 is 0. The Labute approximate surface area is 247 Å². The molecule has 2 aromatic rings. The zero-order chi connectivity index (χ0) is 31.3. The predicted octanol–water partition coefficient (Wildman–Crippen LogP) is 6.45. The van der Waals surface area contributed by atoms with E-state index < -0.39 is 17.7 Å². The number of carbonyl (C=O) groups is 2. The van der Waals surface area contributed by atoms with Crippen LogP contribution in [0.4, 0.5) is 15.1 Å². The molecular formula is C31H43FN4O6. The van der Waals surface area contributed by atoms with Crippen molar-refractivity contribution in [2.24, 2.45) is 10.9 Å². The van der Waals surface area contributed by atoms with Crippen molar-refractivity contribution >= 4 is 29.5 Å². The minimum Gasteiger partial charge on any atom is -0.467 e. The van der Waals surface area contributed by atoms with Crippen LogP contribution in [0.5, 0.6) is 0 Å². The number of ether oxygens (including phenoxy) is 3. The van der Waals surface area contributed by atoms with Crippen LogP contribution in [0.25, 0.3) is 5.57 Å². The Morgan fingerprint density at radius 3 is 2.60 bits per heavy atom. The molecule has 1 aromatic carbocycles. The first-order valence-electron chi connectivity index (χ1n) is 14.1. The normalized spacial score (nSPS) is 15.6. The fourth-order valence-corrected chi connectivity index (χ4v) is 3.75. The second-order valence-corrected chi connectivity index (χ2v) is 10.4. The SMILES string of the molecule is CC.COC(=O)COCCN=C(NC(=O)OC(C)(C)C)Nc1cc(C(C)c2ccc(C3=CCC(C)C=C3)c(F)c2)no1. The number of anilines is 1. The Morgan fingerprint density at radius 2 is 1.98 bits per heavy atom. The Hall–Kier alpha value is -3.99. The molecule has 0 spiro atoms. The maximum Gasteiger partial charge on any atom is 0.414 e. The molecular weight excluding hydrogens is 543 g/mol. The molecule has 0 bridgehead atoms.